The number of Topliss-reactive ketones (excluding diaryl/α,β-unsaturated/α-hetero) is 1. The van der Waals surface area contributed by atoms with Crippen molar-refractivity contribution in [1.29, 1.82) is 0 Å². The lowest BCUT2D eigenvalue weighted by Gasteiger charge is -2.08. The number of carbonyl (C=O) groups excluding carboxylic acids is 1. The molecule has 1 aromatic heterocycles. The molecule has 0 radical (unpaired) electrons. The van der Waals surface area contributed by atoms with Gasteiger partial charge >= 0.3 is 5.63 Å². The third-order valence-corrected chi connectivity index (χ3v) is 3.20. The first kappa shape index (κ1) is 15.0. The number of rotatable bonds is 4. The van der Waals surface area contributed by atoms with E-state index >= 15 is 0 Å². The van der Waals surface area contributed by atoms with Gasteiger partial charge in [0.2, 0.25) is 0 Å². The second-order valence-corrected chi connectivity index (χ2v) is 5.05. The maximum Gasteiger partial charge on any atom is 0.336 e. The quantitative estimate of drug-likeness (QED) is 0.492. The Kier molecular flexibility index (Phi) is 4.21. The third kappa shape index (κ3) is 3.37. The highest BCUT2D eigenvalue weighted by Crippen LogP contribution is 2.23. The number of ketones is 1. The van der Waals surface area contributed by atoms with Crippen LogP contribution in [0.5, 0.6) is 0 Å². The zero-order valence-electron chi connectivity index (χ0n) is 12.5. The first-order valence-electron chi connectivity index (χ1n) is 6.60. The maximum absolute atomic E-state index is 11.6. The summed E-state index contributed by atoms with van der Waals surface area (Å²) in [6.45, 7) is 6.99. The first-order chi connectivity index (χ1) is 9.88. The van der Waals surface area contributed by atoms with Crippen LogP contribution in [-0.2, 0) is 16.2 Å². The van der Waals surface area contributed by atoms with E-state index in [9.17, 15) is 9.59 Å². The second kappa shape index (κ2) is 5.91. The summed E-state index contributed by atoms with van der Waals surface area (Å²) in [4.78, 5) is 27.9. The minimum absolute atomic E-state index is 0.108. The molecular weight excluding hydrogens is 270 g/mol. The van der Waals surface area contributed by atoms with Crippen molar-refractivity contribution in [3.05, 3.63) is 45.3 Å². The van der Waals surface area contributed by atoms with Crippen molar-refractivity contribution in [2.75, 3.05) is 0 Å². The highest BCUT2D eigenvalue weighted by Gasteiger charge is 2.10. The van der Waals surface area contributed by atoms with E-state index < -0.39 is 5.63 Å². The zero-order valence-corrected chi connectivity index (χ0v) is 12.5. The molecule has 5 heteroatoms. The van der Waals surface area contributed by atoms with Crippen LogP contribution in [0.25, 0.3) is 11.0 Å². The molecule has 5 nitrogen and oxygen atoms in total. The van der Waals surface area contributed by atoms with E-state index in [0.29, 0.717) is 11.1 Å². The van der Waals surface area contributed by atoms with E-state index in [2.05, 4.69) is 5.16 Å². The van der Waals surface area contributed by atoms with Gasteiger partial charge in [0.25, 0.3) is 0 Å². The van der Waals surface area contributed by atoms with Crippen LogP contribution < -0.4 is 5.63 Å². The second-order valence-electron chi connectivity index (χ2n) is 5.05. The van der Waals surface area contributed by atoms with Crippen molar-refractivity contribution < 1.29 is 14.0 Å². The topological polar surface area (TPSA) is 68.9 Å². The fourth-order valence-corrected chi connectivity index (χ4v) is 2.15. The van der Waals surface area contributed by atoms with Crippen LogP contribution in [0.15, 0.2) is 32.6 Å². The van der Waals surface area contributed by atoms with E-state index in [1.54, 1.807) is 6.92 Å². The molecule has 0 atom stereocenters. The predicted molar refractivity (Wildman–Crippen MR) is 80.5 cm³/mol. The fourth-order valence-electron chi connectivity index (χ4n) is 2.15. The maximum atomic E-state index is 11.6. The Labute approximate surface area is 122 Å². The molecular formula is C16H17NO4. The van der Waals surface area contributed by atoms with Crippen LogP contribution in [-0.4, -0.2) is 11.5 Å². The Morgan fingerprint density at radius 2 is 1.95 bits per heavy atom. The summed E-state index contributed by atoms with van der Waals surface area (Å²) in [6, 6.07) is 5.22. The molecule has 2 aromatic rings. The Morgan fingerprint density at radius 1 is 1.24 bits per heavy atom. The lowest BCUT2D eigenvalue weighted by Crippen LogP contribution is -2.06. The lowest BCUT2D eigenvalue weighted by molar-refractivity contribution is -0.111. The van der Waals surface area contributed by atoms with Crippen LogP contribution in [0.1, 0.15) is 30.5 Å². The Balaban J connectivity index is 2.42. The van der Waals surface area contributed by atoms with Crippen molar-refractivity contribution in [2.24, 2.45) is 5.16 Å². The van der Waals surface area contributed by atoms with Crippen molar-refractivity contribution in [3.8, 4) is 0 Å². The lowest BCUT2D eigenvalue weighted by atomic mass is 10.0. The van der Waals surface area contributed by atoms with Gasteiger partial charge in [-0.2, -0.15) is 0 Å². The Morgan fingerprint density at radius 3 is 2.62 bits per heavy atom. The number of hydrogen-bond donors (Lipinski definition) is 0. The highest BCUT2D eigenvalue weighted by molar-refractivity contribution is 6.37. The average molecular weight is 287 g/mol. The van der Waals surface area contributed by atoms with E-state index in [1.165, 1.54) is 13.0 Å². The number of oxime groups is 1. The van der Waals surface area contributed by atoms with Gasteiger partial charge in [0, 0.05) is 23.9 Å². The first-order valence-corrected chi connectivity index (χ1v) is 6.60. The normalized spacial score (nSPS) is 11.7. The number of fused-ring (bicyclic) bond motifs is 1. The molecule has 0 saturated carbocycles. The molecule has 110 valence electrons. The Hall–Kier alpha value is -2.43. The van der Waals surface area contributed by atoms with Crippen LogP contribution >= 0.6 is 0 Å². The van der Waals surface area contributed by atoms with Gasteiger partial charge in [0.1, 0.15) is 17.9 Å². The van der Waals surface area contributed by atoms with Crippen molar-refractivity contribution in [1.82, 2.24) is 0 Å². The summed E-state index contributed by atoms with van der Waals surface area (Å²) < 4.78 is 5.23. The van der Waals surface area contributed by atoms with Crippen molar-refractivity contribution >= 4 is 22.5 Å². The summed E-state index contributed by atoms with van der Waals surface area (Å²) in [6.07, 6.45) is 0. The smallest absolute Gasteiger partial charge is 0.336 e. The molecule has 0 fully saturated rings. The summed E-state index contributed by atoms with van der Waals surface area (Å²) >= 11 is 0. The van der Waals surface area contributed by atoms with Gasteiger partial charge < -0.3 is 9.25 Å². The molecule has 0 aliphatic rings. The molecule has 0 bridgehead atoms. The van der Waals surface area contributed by atoms with E-state index in [-0.39, 0.29) is 18.1 Å². The number of benzene rings is 1. The van der Waals surface area contributed by atoms with Gasteiger partial charge in [0.15, 0.2) is 5.78 Å². The zero-order chi connectivity index (χ0) is 15.6. The molecule has 1 heterocycles. The minimum atomic E-state index is -0.432. The number of aryl methyl sites for hydroxylation is 2. The molecule has 0 saturated heterocycles. The molecule has 0 unspecified atom stereocenters. The minimum Gasteiger partial charge on any atom is -0.423 e. The van der Waals surface area contributed by atoms with Crippen LogP contribution in [0, 0.1) is 13.8 Å². The fraction of sp³-hybridized carbons (Fsp3) is 0.312. The standard InChI is InChI=1S/C16H17NO4/c1-9-5-10(2)16-13(7-15(19)21-14(16)6-9)8-20-17-11(3)12(4)18/h5-7H,8H2,1-4H3/b17-11+. The van der Waals surface area contributed by atoms with Crippen molar-refractivity contribution in [2.45, 2.75) is 34.3 Å². The summed E-state index contributed by atoms with van der Waals surface area (Å²) in [5, 5.41) is 4.58. The SMILES string of the molecule is CC(=O)/C(C)=N/OCc1cc(=O)oc2cc(C)cc(C)c12. The molecule has 0 aliphatic carbocycles. The van der Waals surface area contributed by atoms with E-state index in [0.717, 1.165) is 16.5 Å². The van der Waals surface area contributed by atoms with Gasteiger partial charge in [-0.25, -0.2) is 4.79 Å². The van der Waals surface area contributed by atoms with E-state index in [4.69, 9.17) is 9.25 Å². The molecule has 2 rings (SSSR count). The highest BCUT2D eigenvalue weighted by atomic mass is 16.6. The van der Waals surface area contributed by atoms with Gasteiger partial charge in [-0.15, -0.1) is 0 Å². The van der Waals surface area contributed by atoms with Gasteiger partial charge in [-0.3, -0.25) is 4.79 Å². The molecule has 21 heavy (non-hydrogen) atoms. The van der Waals surface area contributed by atoms with Gasteiger partial charge in [-0.05, 0) is 38.0 Å². The van der Waals surface area contributed by atoms with Crippen LogP contribution in [0.4, 0.5) is 0 Å². The summed E-state index contributed by atoms with van der Waals surface area (Å²) in [5.74, 6) is -0.153. The molecule has 1 aromatic carbocycles. The molecule has 0 amide bonds. The van der Waals surface area contributed by atoms with Crippen LogP contribution in [0.2, 0.25) is 0 Å². The molecule has 0 N–H and O–H groups in total. The third-order valence-electron chi connectivity index (χ3n) is 3.20. The van der Waals surface area contributed by atoms with Gasteiger partial charge in [0.05, 0.1) is 0 Å². The average Bonchev–Trinajstić information content (AvgIpc) is 2.36. The Bertz CT molecular complexity index is 787. The van der Waals surface area contributed by atoms with Crippen molar-refractivity contribution in [3.63, 3.8) is 0 Å². The monoisotopic (exact) mass is 287 g/mol. The van der Waals surface area contributed by atoms with Crippen LogP contribution in [0.3, 0.4) is 0 Å². The largest absolute Gasteiger partial charge is 0.423 e. The number of carbonyl (C=O) groups is 1. The number of nitrogens with zero attached hydrogens (tertiary/aromatic N) is 1. The van der Waals surface area contributed by atoms with Gasteiger partial charge in [-0.1, -0.05) is 11.2 Å². The number of hydrogen-bond acceptors (Lipinski definition) is 5. The summed E-state index contributed by atoms with van der Waals surface area (Å²) in [5.41, 5.74) is 3.10. The molecule has 0 spiro atoms. The van der Waals surface area contributed by atoms with E-state index in [1.807, 2.05) is 26.0 Å². The predicted octanol–water partition coefficient (Wildman–Crippen LogP) is 2.89. The summed E-state index contributed by atoms with van der Waals surface area (Å²) in [7, 11) is 0. The molecule has 0 aliphatic heterocycles.